The number of hydrogen-bond donors (Lipinski definition) is 2. The van der Waals surface area contributed by atoms with Crippen molar-refractivity contribution < 1.29 is 4.79 Å². The van der Waals surface area contributed by atoms with E-state index >= 15 is 0 Å². The molecule has 1 aliphatic rings. The number of carbonyl (C=O) groups is 1. The Morgan fingerprint density at radius 2 is 2.10 bits per heavy atom. The zero-order valence-electron chi connectivity index (χ0n) is 11.5. The molecule has 1 aromatic rings. The van der Waals surface area contributed by atoms with Crippen LogP contribution in [0.5, 0.6) is 0 Å². The van der Waals surface area contributed by atoms with Gasteiger partial charge in [0.2, 0.25) is 5.91 Å². The van der Waals surface area contributed by atoms with Crippen molar-refractivity contribution in [2.45, 2.75) is 32.2 Å². The zero-order valence-corrected chi connectivity index (χ0v) is 13.9. The van der Waals surface area contributed by atoms with Crippen LogP contribution in [0.1, 0.15) is 31.2 Å². The molecule has 1 saturated heterocycles. The van der Waals surface area contributed by atoms with Gasteiger partial charge in [0.1, 0.15) is 0 Å². The second-order valence-corrected chi connectivity index (χ2v) is 6.05. The van der Waals surface area contributed by atoms with Gasteiger partial charge in [-0.25, -0.2) is 0 Å². The molecule has 0 spiro atoms. The molecule has 3 nitrogen and oxygen atoms in total. The third kappa shape index (κ3) is 6.25. The lowest BCUT2D eigenvalue weighted by Gasteiger charge is -2.22. The summed E-state index contributed by atoms with van der Waals surface area (Å²) >= 11 is 3.43. The van der Waals surface area contributed by atoms with Gasteiger partial charge in [0.05, 0.1) is 0 Å². The number of benzene rings is 1. The maximum absolute atomic E-state index is 11.8. The van der Waals surface area contributed by atoms with Gasteiger partial charge in [0.15, 0.2) is 0 Å². The van der Waals surface area contributed by atoms with Crippen molar-refractivity contribution in [1.29, 1.82) is 0 Å². The predicted molar refractivity (Wildman–Crippen MR) is 88.1 cm³/mol. The van der Waals surface area contributed by atoms with Crippen LogP contribution in [0.4, 0.5) is 0 Å². The maximum Gasteiger partial charge on any atom is 0.220 e. The maximum atomic E-state index is 11.8. The second-order valence-electron chi connectivity index (χ2n) is 5.14. The van der Waals surface area contributed by atoms with E-state index in [9.17, 15) is 4.79 Å². The number of nitrogens with one attached hydrogen (secondary N) is 2. The highest BCUT2D eigenvalue weighted by Crippen LogP contribution is 2.17. The number of piperidine rings is 1. The van der Waals surface area contributed by atoms with Crippen LogP contribution in [-0.2, 0) is 11.3 Å². The first-order chi connectivity index (χ1) is 9.24. The monoisotopic (exact) mass is 360 g/mol. The SMILES string of the molecule is Cl.O=C(CCC1CCNCC1)NCc1cccc(Br)c1. The Bertz CT molecular complexity index is 422. The molecule has 0 atom stereocenters. The fourth-order valence-corrected chi connectivity index (χ4v) is 2.89. The van der Waals surface area contributed by atoms with Crippen LogP contribution in [-0.4, -0.2) is 19.0 Å². The van der Waals surface area contributed by atoms with E-state index in [-0.39, 0.29) is 18.3 Å². The Hall–Kier alpha value is -0.580. The molecule has 0 bridgehead atoms. The highest BCUT2D eigenvalue weighted by molar-refractivity contribution is 9.10. The minimum atomic E-state index is 0. The Morgan fingerprint density at radius 1 is 1.35 bits per heavy atom. The summed E-state index contributed by atoms with van der Waals surface area (Å²) in [5.41, 5.74) is 1.13. The van der Waals surface area contributed by atoms with Gasteiger partial charge in [-0.3, -0.25) is 4.79 Å². The van der Waals surface area contributed by atoms with Crippen molar-refractivity contribution in [3.8, 4) is 0 Å². The topological polar surface area (TPSA) is 41.1 Å². The molecule has 2 rings (SSSR count). The molecule has 0 unspecified atom stereocenters. The first kappa shape index (κ1) is 17.5. The highest BCUT2D eigenvalue weighted by Gasteiger charge is 2.14. The zero-order chi connectivity index (χ0) is 13.5. The molecule has 1 aromatic carbocycles. The minimum Gasteiger partial charge on any atom is -0.352 e. The Kier molecular flexibility index (Phi) is 8.19. The number of halogens is 2. The van der Waals surface area contributed by atoms with Crippen molar-refractivity contribution in [2.24, 2.45) is 5.92 Å². The summed E-state index contributed by atoms with van der Waals surface area (Å²) in [6, 6.07) is 8.04. The second kappa shape index (κ2) is 9.37. The van der Waals surface area contributed by atoms with Crippen molar-refractivity contribution in [1.82, 2.24) is 10.6 Å². The van der Waals surface area contributed by atoms with Gasteiger partial charge in [0, 0.05) is 17.4 Å². The number of hydrogen-bond acceptors (Lipinski definition) is 2. The summed E-state index contributed by atoms with van der Waals surface area (Å²) in [6.07, 6.45) is 4.09. The average molecular weight is 362 g/mol. The first-order valence-electron chi connectivity index (χ1n) is 6.96. The van der Waals surface area contributed by atoms with E-state index in [1.807, 2.05) is 24.3 Å². The van der Waals surface area contributed by atoms with Crippen LogP contribution in [0, 0.1) is 5.92 Å². The lowest BCUT2D eigenvalue weighted by atomic mass is 9.93. The van der Waals surface area contributed by atoms with Crippen LogP contribution in [0.25, 0.3) is 0 Å². The lowest BCUT2D eigenvalue weighted by Crippen LogP contribution is -2.29. The van der Waals surface area contributed by atoms with Crippen LogP contribution < -0.4 is 10.6 Å². The largest absolute Gasteiger partial charge is 0.352 e. The van der Waals surface area contributed by atoms with E-state index in [1.54, 1.807) is 0 Å². The number of carbonyl (C=O) groups excluding carboxylic acids is 1. The molecule has 1 heterocycles. The van der Waals surface area contributed by atoms with Crippen molar-refractivity contribution in [3.05, 3.63) is 34.3 Å². The van der Waals surface area contributed by atoms with Gasteiger partial charge in [-0.05, 0) is 56.0 Å². The van der Waals surface area contributed by atoms with E-state index in [0.29, 0.717) is 13.0 Å². The molecule has 1 fully saturated rings. The molecule has 0 aliphatic carbocycles. The predicted octanol–water partition coefficient (Wildman–Crippen LogP) is 3.27. The number of rotatable bonds is 5. The van der Waals surface area contributed by atoms with Gasteiger partial charge in [-0.1, -0.05) is 28.1 Å². The quantitative estimate of drug-likeness (QED) is 0.845. The third-order valence-electron chi connectivity index (χ3n) is 3.62. The van der Waals surface area contributed by atoms with E-state index in [2.05, 4.69) is 26.6 Å². The van der Waals surface area contributed by atoms with Crippen LogP contribution in [0.3, 0.4) is 0 Å². The smallest absolute Gasteiger partial charge is 0.220 e. The Balaban J connectivity index is 0.00000200. The normalized spacial score (nSPS) is 15.4. The van der Waals surface area contributed by atoms with Crippen LogP contribution in [0.2, 0.25) is 0 Å². The van der Waals surface area contributed by atoms with Crippen molar-refractivity contribution in [3.63, 3.8) is 0 Å². The van der Waals surface area contributed by atoms with E-state index < -0.39 is 0 Å². The fraction of sp³-hybridized carbons (Fsp3) is 0.533. The molecule has 1 amide bonds. The summed E-state index contributed by atoms with van der Waals surface area (Å²) < 4.78 is 1.05. The molecule has 20 heavy (non-hydrogen) atoms. The summed E-state index contributed by atoms with van der Waals surface area (Å²) in [7, 11) is 0. The average Bonchev–Trinajstić information content (AvgIpc) is 2.44. The molecule has 2 N–H and O–H groups in total. The van der Waals surface area contributed by atoms with Gasteiger partial charge in [0.25, 0.3) is 0 Å². The molecular formula is C15H22BrClN2O. The molecule has 0 aromatic heterocycles. The summed E-state index contributed by atoms with van der Waals surface area (Å²) in [4.78, 5) is 11.8. The summed E-state index contributed by atoms with van der Waals surface area (Å²) in [5, 5.41) is 6.34. The molecule has 5 heteroatoms. The first-order valence-corrected chi connectivity index (χ1v) is 7.75. The molecule has 0 radical (unpaired) electrons. The summed E-state index contributed by atoms with van der Waals surface area (Å²) in [5.74, 6) is 0.886. The third-order valence-corrected chi connectivity index (χ3v) is 4.11. The van der Waals surface area contributed by atoms with Crippen LogP contribution in [0.15, 0.2) is 28.7 Å². The highest BCUT2D eigenvalue weighted by atomic mass is 79.9. The van der Waals surface area contributed by atoms with Crippen molar-refractivity contribution >= 4 is 34.2 Å². The van der Waals surface area contributed by atoms with Gasteiger partial charge in [-0.15, -0.1) is 12.4 Å². The van der Waals surface area contributed by atoms with E-state index in [4.69, 9.17) is 0 Å². The van der Waals surface area contributed by atoms with E-state index in [0.717, 1.165) is 35.5 Å². The van der Waals surface area contributed by atoms with Crippen molar-refractivity contribution in [2.75, 3.05) is 13.1 Å². The van der Waals surface area contributed by atoms with Gasteiger partial charge < -0.3 is 10.6 Å². The molecule has 0 saturated carbocycles. The van der Waals surface area contributed by atoms with Crippen LogP contribution >= 0.6 is 28.3 Å². The Morgan fingerprint density at radius 3 is 2.80 bits per heavy atom. The van der Waals surface area contributed by atoms with Gasteiger partial charge >= 0.3 is 0 Å². The lowest BCUT2D eigenvalue weighted by molar-refractivity contribution is -0.121. The standard InChI is InChI=1S/C15H21BrN2O.ClH/c16-14-3-1-2-13(10-14)11-18-15(19)5-4-12-6-8-17-9-7-12;/h1-3,10,12,17H,4-9,11H2,(H,18,19);1H. The fourth-order valence-electron chi connectivity index (χ4n) is 2.44. The molecule has 112 valence electrons. The number of amides is 1. The van der Waals surface area contributed by atoms with Gasteiger partial charge in [-0.2, -0.15) is 0 Å². The Labute approximate surface area is 135 Å². The minimum absolute atomic E-state index is 0. The molecular weight excluding hydrogens is 340 g/mol. The molecule has 1 aliphatic heterocycles. The summed E-state index contributed by atoms with van der Waals surface area (Å²) in [6.45, 7) is 2.82. The van der Waals surface area contributed by atoms with E-state index in [1.165, 1.54) is 12.8 Å².